The molecule has 0 amide bonds. The Bertz CT molecular complexity index is 286. The third kappa shape index (κ3) is 2.26. The van der Waals surface area contributed by atoms with Crippen molar-refractivity contribution >= 4 is 28.9 Å². The first-order valence-electron chi connectivity index (χ1n) is 3.53. The summed E-state index contributed by atoms with van der Waals surface area (Å²) in [7, 11) is 0. The van der Waals surface area contributed by atoms with Crippen LogP contribution in [-0.4, -0.2) is 17.1 Å². The van der Waals surface area contributed by atoms with Gasteiger partial charge in [-0.05, 0) is 24.0 Å². The lowest BCUT2D eigenvalue weighted by Gasteiger charge is -2.01. The predicted molar refractivity (Wildman–Crippen MR) is 55.8 cm³/mol. The van der Waals surface area contributed by atoms with Gasteiger partial charge in [-0.2, -0.15) is 0 Å². The molecule has 0 atom stereocenters. The van der Waals surface area contributed by atoms with Gasteiger partial charge in [-0.3, -0.25) is 0 Å². The van der Waals surface area contributed by atoms with E-state index in [9.17, 15) is 0 Å². The SMILES string of the molecule is C=C(CCl)c1cccc(SC)n1. The molecule has 1 rings (SSSR count). The Morgan fingerprint density at radius 2 is 2.42 bits per heavy atom. The molecule has 0 unspecified atom stereocenters. The van der Waals surface area contributed by atoms with E-state index in [1.807, 2.05) is 24.5 Å². The highest BCUT2D eigenvalue weighted by atomic mass is 35.5. The Hall–Kier alpha value is -0.470. The van der Waals surface area contributed by atoms with Crippen LogP contribution in [0, 0.1) is 0 Å². The van der Waals surface area contributed by atoms with Gasteiger partial charge in [0.05, 0.1) is 10.7 Å². The van der Waals surface area contributed by atoms with Crippen LogP contribution in [0.4, 0.5) is 0 Å². The molecule has 1 aromatic rings. The average Bonchev–Trinajstić information content (AvgIpc) is 2.17. The third-order valence-electron chi connectivity index (χ3n) is 1.46. The van der Waals surface area contributed by atoms with Gasteiger partial charge >= 0.3 is 0 Å². The first kappa shape index (κ1) is 9.62. The largest absolute Gasteiger partial charge is 0.242 e. The lowest BCUT2D eigenvalue weighted by molar-refractivity contribution is 1.11. The molecule has 0 fully saturated rings. The summed E-state index contributed by atoms with van der Waals surface area (Å²) in [6, 6.07) is 5.85. The van der Waals surface area contributed by atoms with Crippen molar-refractivity contribution in [1.29, 1.82) is 0 Å². The Kier molecular flexibility index (Phi) is 3.63. The Morgan fingerprint density at radius 3 is 3.00 bits per heavy atom. The molecule has 0 N–H and O–H groups in total. The van der Waals surface area contributed by atoms with Gasteiger partial charge in [0.2, 0.25) is 0 Å². The van der Waals surface area contributed by atoms with Gasteiger partial charge in [0, 0.05) is 5.88 Å². The summed E-state index contributed by atoms with van der Waals surface area (Å²) in [4.78, 5) is 4.34. The second-order valence-corrected chi connectivity index (χ2v) is 3.40. The molecule has 3 heteroatoms. The molecular weight excluding hydrogens is 190 g/mol. The molecule has 0 aliphatic carbocycles. The highest BCUT2D eigenvalue weighted by Crippen LogP contribution is 2.16. The number of thioether (sulfide) groups is 1. The monoisotopic (exact) mass is 199 g/mol. The minimum absolute atomic E-state index is 0.435. The first-order chi connectivity index (χ1) is 5.77. The number of alkyl halides is 1. The summed E-state index contributed by atoms with van der Waals surface area (Å²) in [6.45, 7) is 3.82. The summed E-state index contributed by atoms with van der Waals surface area (Å²) < 4.78 is 0. The molecule has 0 aliphatic heterocycles. The topological polar surface area (TPSA) is 12.9 Å². The van der Waals surface area contributed by atoms with E-state index in [0.717, 1.165) is 16.3 Å². The molecule has 0 saturated heterocycles. The van der Waals surface area contributed by atoms with Gasteiger partial charge < -0.3 is 0 Å². The van der Waals surface area contributed by atoms with Crippen molar-refractivity contribution in [3.63, 3.8) is 0 Å². The lowest BCUT2D eigenvalue weighted by atomic mass is 10.2. The van der Waals surface area contributed by atoms with Crippen LogP contribution in [0.1, 0.15) is 5.69 Å². The molecule has 0 spiro atoms. The molecule has 1 aromatic heterocycles. The lowest BCUT2D eigenvalue weighted by Crippen LogP contribution is -1.89. The Balaban J connectivity index is 2.93. The van der Waals surface area contributed by atoms with Crippen molar-refractivity contribution in [2.75, 3.05) is 12.1 Å². The second-order valence-electron chi connectivity index (χ2n) is 2.30. The standard InChI is InChI=1S/C9H10ClNS/c1-7(6-10)8-4-3-5-9(11-8)12-2/h3-5H,1,6H2,2H3. The van der Waals surface area contributed by atoms with Crippen molar-refractivity contribution in [2.45, 2.75) is 5.03 Å². The van der Waals surface area contributed by atoms with Gasteiger partial charge in [-0.25, -0.2) is 4.98 Å². The zero-order chi connectivity index (χ0) is 8.97. The van der Waals surface area contributed by atoms with Crippen LogP contribution in [0.5, 0.6) is 0 Å². The first-order valence-corrected chi connectivity index (χ1v) is 5.29. The van der Waals surface area contributed by atoms with E-state index < -0.39 is 0 Å². The van der Waals surface area contributed by atoms with E-state index >= 15 is 0 Å². The molecule has 64 valence electrons. The number of halogens is 1. The molecule has 1 heterocycles. The van der Waals surface area contributed by atoms with Crippen molar-refractivity contribution < 1.29 is 0 Å². The van der Waals surface area contributed by atoms with Crippen LogP contribution >= 0.6 is 23.4 Å². The maximum Gasteiger partial charge on any atom is 0.0964 e. The van der Waals surface area contributed by atoms with Gasteiger partial charge in [0.15, 0.2) is 0 Å². The van der Waals surface area contributed by atoms with Crippen LogP contribution in [0.15, 0.2) is 29.8 Å². The molecule has 0 bridgehead atoms. The predicted octanol–water partition coefficient (Wildman–Crippen LogP) is 3.06. The number of pyridine rings is 1. The van der Waals surface area contributed by atoms with Crippen LogP contribution in [0.2, 0.25) is 0 Å². The van der Waals surface area contributed by atoms with Gasteiger partial charge in [0.1, 0.15) is 0 Å². The molecular formula is C9H10ClNS. The van der Waals surface area contributed by atoms with Crippen LogP contribution in [0.3, 0.4) is 0 Å². The summed E-state index contributed by atoms with van der Waals surface area (Å²) in [5.41, 5.74) is 1.75. The number of nitrogens with zero attached hydrogens (tertiary/aromatic N) is 1. The molecule has 0 aliphatic rings. The molecule has 0 radical (unpaired) electrons. The molecule has 0 aromatic carbocycles. The van der Waals surface area contributed by atoms with Gasteiger partial charge in [-0.15, -0.1) is 23.4 Å². The van der Waals surface area contributed by atoms with Gasteiger partial charge in [0.25, 0.3) is 0 Å². The fourth-order valence-corrected chi connectivity index (χ4v) is 1.34. The van der Waals surface area contributed by atoms with Crippen molar-refractivity contribution in [2.24, 2.45) is 0 Å². The highest BCUT2D eigenvalue weighted by molar-refractivity contribution is 7.98. The van der Waals surface area contributed by atoms with E-state index in [4.69, 9.17) is 11.6 Å². The molecule has 1 nitrogen and oxygen atoms in total. The minimum atomic E-state index is 0.435. The van der Waals surface area contributed by atoms with E-state index in [-0.39, 0.29) is 0 Å². The van der Waals surface area contributed by atoms with E-state index in [1.165, 1.54) is 0 Å². The van der Waals surface area contributed by atoms with Crippen LogP contribution in [0.25, 0.3) is 5.57 Å². The summed E-state index contributed by atoms with van der Waals surface area (Å²) in [5, 5.41) is 0.999. The Labute approximate surface area is 81.8 Å². The number of hydrogen-bond acceptors (Lipinski definition) is 2. The minimum Gasteiger partial charge on any atom is -0.242 e. The third-order valence-corrected chi connectivity index (χ3v) is 2.42. The Morgan fingerprint density at radius 1 is 1.67 bits per heavy atom. The number of hydrogen-bond donors (Lipinski definition) is 0. The zero-order valence-corrected chi connectivity index (χ0v) is 8.45. The van der Waals surface area contributed by atoms with Crippen molar-refractivity contribution in [3.8, 4) is 0 Å². The van der Waals surface area contributed by atoms with E-state index in [0.29, 0.717) is 5.88 Å². The van der Waals surface area contributed by atoms with E-state index in [2.05, 4.69) is 11.6 Å². The zero-order valence-electron chi connectivity index (χ0n) is 6.88. The maximum atomic E-state index is 5.64. The average molecular weight is 200 g/mol. The fraction of sp³-hybridized carbons (Fsp3) is 0.222. The van der Waals surface area contributed by atoms with Crippen LogP contribution in [-0.2, 0) is 0 Å². The smallest absolute Gasteiger partial charge is 0.0964 e. The van der Waals surface area contributed by atoms with Gasteiger partial charge in [-0.1, -0.05) is 12.6 Å². The summed E-state index contributed by atoms with van der Waals surface area (Å²) in [6.07, 6.45) is 2.00. The second kappa shape index (κ2) is 4.53. The number of rotatable bonds is 3. The fourth-order valence-electron chi connectivity index (χ4n) is 0.794. The molecule has 12 heavy (non-hydrogen) atoms. The summed E-state index contributed by atoms with van der Waals surface area (Å²) in [5.74, 6) is 0.435. The van der Waals surface area contributed by atoms with Crippen molar-refractivity contribution in [3.05, 3.63) is 30.5 Å². The highest BCUT2D eigenvalue weighted by Gasteiger charge is 1.99. The normalized spacial score (nSPS) is 9.83. The molecule has 0 saturated carbocycles. The maximum absolute atomic E-state index is 5.64. The number of aromatic nitrogens is 1. The van der Waals surface area contributed by atoms with Crippen LogP contribution < -0.4 is 0 Å². The van der Waals surface area contributed by atoms with E-state index in [1.54, 1.807) is 11.8 Å². The number of allylic oxidation sites excluding steroid dienone is 1. The quantitative estimate of drug-likeness (QED) is 0.548. The van der Waals surface area contributed by atoms with Crippen molar-refractivity contribution in [1.82, 2.24) is 4.98 Å². The summed E-state index contributed by atoms with van der Waals surface area (Å²) >= 11 is 7.25.